The number of hydrogen-bond acceptors (Lipinski definition) is 3. The van der Waals surface area contributed by atoms with Crippen LogP contribution in [0, 0.1) is 5.92 Å². The lowest BCUT2D eigenvalue weighted by Crippen LogP contribution is -2.40. The maximum Gasteiger partial charge on any atom is 0.239 e. The molecule has 0 bridgehead atoms. The van der Waals surface area contributed by atoms with Crippen LogP contribution in [0.25, 0.3) is 0 Å². The Bertz CT molecular complexity index is 256. The summed E-state index contributed by atoms with van der Waals surface area (Å²) < 4.78 is 0. The summed E-state index contributed by atoms with van der Waals surface area (Å²) in [6.07, 6.45) is 2.49. The van der Waals surface area contributed by atoms with E-state index in [-0.39, 0.29) is 24.3 Å². The highest BCUT2D eigenvalue weighted by Crippen LogP contribution is 2.10. The molecule has 0 aromatic heterocycles. The SMILES string of the molecule is CC(CCCN)C(=O)N1CCCNC(=O)C1. The molecule has 0 aromatic rings. The summed E-state index contributed by atoms with van der Waals surface area (Å²) in [4.78, 5) is 25.0. The maximum atomic E-state index is 12.0. The predicted octanol–water partition coefficient (Wildman–Crippen LogP) is -0.290. The van der Waals surface area contributed by atoms with E-state index in [4.69, 9.17) is 5.73 Å². The molecular formula is C11H21N3O2. The average Bonchev–Trinajstić information content (AvgIpc) is 2.49. The first-order valence-electron chi connectivity index (χ1n) is 5.90. The highest BCUT2D eigenvalue weighted by atomic mass is 16.2. The Morgan fingerprint density at radius 1 is 1.62 bits per heavy atom. The third-order valence-electron chi connectivity index (χ3n) is 2.84. The van der Waals surface area contributed by atoms with E-state index >= 15 is 0 Å². The summed E-state index contributed by atoms with van der Waals surface area (Å²) in [5.41, 5.74) is 5.41. The van der Waals surface area contributed by atoms with Gasteiger partial charge in [0.2, 0.25) is 11.8 Å². The number of rotatable bonds is 4. The molecule has 16 heavy (non-hydrogen) atoms. The van der Waals surface area contributed by atoms with Crippen molar-refractivity contribution >= 4 is 11.8 Å². The Morgan fingerprint density at radius 3 is 3.06 bits per heavy atom. The molecule has 1 heterocycles. The van der Waals surface area contributed by atoms with Gasteiger partial charge in [-0.05, 0) is 25.8 Å². The van der Waals surface area contributed by atoms with Crippen molar-refractivity contribution in [3.05, 3.63) is 0 Å². The first-order chi connectivity index (χ1) is 7.65. The van der Waals surface area contributed by atoms with Crippen molar-refractivity contribution in [2.24, 2.45) is 11.7 Å². The fourth-order valence-electron chi connectivity index (χ4n) is 1.85. The van der Waals surface area contributed by atoms with Crippen molar-refractivity contribution in [2.75, 3.05) is 26.2 Å². The van der Waals surface area contributed by atoms with Crippen LogP contribution in [0.4, 0.5) is 0 Å². The van der Waals surface area contributed by atoms with E-state index in [0.29, 0.717) is 19.6 Å². The molecule has 1 atom stereocenters. The lowest BCUT2D eigenvalue weighted by molar-refractivity contribution is -0.138. The van der Waals surface area contributed by atoms with Crippen LogP contribution < -0.4 is 11.1 Å². The van der Waals surface area contributed by atoms with Gasteiger partial charge >= 0.3 is 0 Å². The lowest BCUT2D eigenvalue weighted by Gasteiger charge is -2.22. The fraction of sp³-hybridized carbons (Fsp3) is 0.818. The van der Waals surface area contributed by atoms with E-state index in [1.165, 1.54) is 0 Å². The zero-order valence-electron chi connectivity index (χ0n) is 9.87. The first-order valence-corrected chi connectivity index (χ1v) is 5.90. The zero-order valence-corrected chi connectivity index (χ0v) is 9.87. The number of nitrogens with one attached hydrogen (secondary N) is 1. The van der Waals surface area contributed by atoms with Crippen LogP contribution in [0.5, 0.6) is 0 Å². The number of nitrogens with zero attached hydrogens (tertiary/aromatic N) is 1. The standard InChI is InChI=1S/C11H21N3O2/c1-9(4-2-5-12)11(16)14-7-3-6-13-10(15)8-14/h9H,2-8,12H2,1H3,(H,13,15). The summed E-state index contributed by atoms with van der Waals surface area (Å²) in [6, 6.07) is 0. The van der Waals surface area contributed by atoms with E-state index in [1.807, 2.05) is 6.92 Å². The monoisotopic (exact) mass is 227 g/mol. The molecule has 1 rings (SSSR count). The van der Waals surface area contributed by atoms with Gasteiger partial charge in [0.1, 0.15) is 0 Å². The molecule has 0 spiro atoms. The number of hydrogen-bond donors (Lipinski definition) is 2. The van der Waals surface area contributed by atoms with Crippen molar-refractivity contribution in [2.45, 2.75) is 26.2 Å². The highest BCUT2D eigenvalue weighted by molar-refractivity contribution is 5.86. The molecule has 0 aromatic carbocycles. The van der Waals surface area contributed by atoms with Crippen LogP contribution in [0.15, 0.2) is 0 Å². The quantitative estimate of drug-likeness (QED) is 0.693. The summed E-state index contributed by atoms with van der Waals surface area (Å²) in [5.74, 6) is -0.0168. The number of carbonyl (C=O) groups excluding carboxylic acids is 2. The summed E-state index contributed by atoms with van der Waals surface area (Å²) in [6.45, 7) is 4.05. The van der Waals surface area contributed by atoms with Gasteiger partial charge in [-0.1, -0.05) is 6.92 Å². The van der Waals surface area contributed by atoms with Gasteiger partial charge in [0, 0.05) is 19.0 Å². The van der Waals surface area contributed by atoms with Gasteiger partial charge in [-0.2, -0.15) is 0 Å². The van der Waals surface area contributed by atoms with Crippen LogP contribution in [-0.2, 0) is 9.59 Å². The Morgan fingerprint density at radius 2 is 2.38 bits per heavy atom. The van der Waals surface area contributed by atoms with E-state index in [9.17, 15) is 9.59 Å². The minimum absolute atomic E-state index is 0.0329. The molecule has 1 aliphatic rings. The van der Waals surface area contributed by atoms with Crippen LogP contribution in [0.1, 0.15) is 26.2 Å². The lowest BCUT2D eigenvalue weighted by atomic mass is 10.0. The molecule has 1 aliphatic heterocycles. The predicted molar refractivity (Wildman–Crippen MR) is 61.7 cm³/mol. The average molecular weight is 227 g/mol. The molecule has 2 amide bonds. The third kappa shape index (κ3) is 3.81. The van der Waals surface area contributed by atoms with Gasteiger partial charge in [0.05, 0.1) is 6.54 Å². The van der Waals surface area contributed by atoms with Gasteiger partial charge in [-0.3, -0.25) is 9.59 Å². The maximum absolute atomic E-state index is 12.0. The summed E-state index contributed by atoms with van der Waals surface area (Å²) in [5, 5.41) is 2.76. The molecule has 1 saturated heterocycles. The van der Waals surface area contributed by atoms with E-state index in [2.05, 4.69) is 5.32 Å². The third-order valence-corrected chi connectivity index (χ3v) is 2.84. The second kappa shape index (κ2) is 6.48. The minimum atomic E-state index is -0.0584. The molecule has 1 unspecified atom stereocenters. The molecule has 0 saturated carbocycles. The Balaban J connectivity index is 2.47. The van der Waals surface area contributed by atoms with Crippen molar-refractivity contribution in [3.8, 4) is 0 Å². The molecule has 1 fully saturated rings. The first kappa shape index (κ1) is 13.0. The molecule has 5 heteroatoms. The summed E-state index contributed by atoms with van der Waals surface area (Å²) >= 11 is 0. The second-order valence-corrected chi connectivity index (χ2v) is 4.30. The minimum Gasteiger partial charge on any atom is -0.354 e. The van der Waals surface area contributed by atoms with Gasteiger partial charge in [-0.25, -0.2) is 0 Å². The topological polar surface area (TPSA) is 75.4 Å². The Kier molecular flexibility index (Phi) is 5.25. The Labute approximate surface area is 96.4 Å². The molecule has 92 valence electrons. The molecule has 0 radical (unpaired) electrons. The van der Waals surface area contributed by atoms with Crippen molar-refractivity contribution in [1.29, 1.82) is 0 Å². The normalized spacial score (nSPS) is 18.9. The van der Waals surface area contributed by atoms with Crippen LogP contribution in [-0.4, -0.2) is 42.9 Å². The van der Waals surface area contributed by atoms with Gasteiger partial charge < -0.3 is 16.0 Å². The number of amides is 2. The Hall–Kier alpha value is -1.10. The van der Waals surface area contributed by atoms with Crippen molar-refractivity contribution < 1.29 is 9.59 Å². The van der Waals surface area contributed by atoms with Crippen LogP contribution in [0.2, 0.25) is 0 Å². The molecule has 0 aliphatic carbocycles. The van der Waals surface area contributed by atoms with Gasteiger partial charge in [0.15, 0.2) is 0 Å². The van der Waals surface area contributed by atoms with E-state index in [1.54, 1.807) is 4.90 Å². The number of carbonyl (C=O) groups is 2. The molecule has 3 N–H and O–H groups in total. The second-order valence-electron chi connectivity index (χ2n) is 4.30. The van der Waals surface area contributed by atoms with Gasteiger partial charge in [0.25, 0.3) is 0 Å². The van der Waals surface area contributed by atoms with Crippen molar-refractivity contribution in [3.63, 3.8) is 0 Å². The largest absolute Gasteiger partial charge is 0.354 e. The molecule has 5 nitrogen and oxygen atoms in total. The van der Waals surface area contributed by atoms with E-state index in [0.717, 1.165) is 19.3 Å². The highest BCUT2D eigenvalue weighted by Gasteiger charge is 2.23. The number of nitrogens with two attached hydrogens (primary N) is 1. The van der Waals surface area contributed by atoms with Gasteiger partial charge in [-0.15, -0.1) is 0 Å². The smallest absolute Gasteiger partial charge is 0.239 e. The van der Waals surface area contributed by atoms with Crippen LogP contribution in [0.3, 0.4) is 0 Å². The zero-order chi connectivity index (χ0) is 12.0. The summed E-state index contributed by atoms with van der Waals surface area (Å²) in [7, 11) is 0. The van der Waals surface area contributed by atoms with Crippen LogP contribution >= 0.6 is 0 Å². The molecular weight excluding hydrogens is 206 g/mol. The van der Waals surface area contributed by atoms with E-state index < -0.39 is 0 Å². The fourth-order valence-corrected chi connectivity index (χ4v) is 1.85. The van der Waals surface area contributed by atoms with Crippen molar-refractivity contribution in [1.82, 2.24) is 10.2 Å².